The molecule has 0 saturated heterocycles. The van der Waals surface area contributed by atoms with Crippen LogP contribution in [0, 0.1) is 0 Å². The number of benzene rings is 2. The molecular weight excluding hydrogens is 294 g/mol. The van der Waals surface area contributed by atoms with Crippen molar-refractivity contribution in [3.63, 3.8) is 0 Å². The zero-order valence-corrected chi connectivity index (χ0v) is 14.7. The summed E-state index contributed by atoms with van der Waals surface area (Å²) in [5.41, 5.74) is 4.21. The van der Waals surface area contributed by atoms with Gasteiger partial charge in [-0.3, -0.25) is 0 Å². The highest BCUT2D eigenvalue weighted by atomic mass is 16.4. The Labute approximate surface area is 146 Å². The van der Waals surface area contributed by atoms with Crippen molar-refractivity contribution >= 4 is 5.71 Å². The molecule has 0 atom stereocenters. The summed E-state index contributed by atoms with van der Waals surface area (Å²) in [7, 11) is 0. The van der Waals surface area contributed by atoms with Crippen molar-refractivity contribution in [3.8, 4) is 11.1 Å². The topological polar surface area (TPSA) is 32.6 Å². The minimum Gasteiger partial charge on any atom is -0.411 e. The third-order valence-corrected chi connectivity index (χ3v) is 4.46. The fourth-order valence-corrected chi connectivity index (χ4v) is 2.99. The average Bonchev–Trinajstić information content (AvgIpc) is 2.65. The highest BCUT2D eigenvalue weighted by Crippen LogP contribution is 2.20. The molecule has 0 unspecified atom stereocenters. The number of hydrogen-bond donors (Lipinski definition) is 1. The van der Waals surface area contributed by atoms with Crippen LogP contribution >= 0.6 is 0 Å². The van der Waals surface area contributed by atoms with Gasteiger partial charge >= 0.3 is 0 Å². The summed E-state index contributed by atoms with van der Waals surface area (Å²) in [6.07, 6.45) is 9.73. The molecule has 0 heterocycles. The molecule has 0 aliphatic heterocycles. The van der Waals surface area contributed by atoms with Crippen molar-refractivity contribution in [2.24, 2.45) is 5.16 Å². The van der Waals surface area contributed by atoms with E-state index in [1.807, 2.05) is 18.2 Å². The zero-order chi connectivity index (χ0) is 17.0. The van der Waals surface area contributed by atoms with E-state index in [-0.39, 0.29) is 0 Å². The second-order valence-corrected chi connectivity index (χ2v) is 6.36. The number of unbranched alkanes of at least 4 members (excludes halogenated alkanes) is 6. The van der Waals surface area contributed by atoms with Crippen LogP contribution in [0.1, 0.15) is 63.9 Å². The molecule has 2 aromatic rings. The molecule has 0 saturated carbocycles. The number of hydrogen-bond acceptors (Lipinski definition) is 2. The van der Waals surface area contributed by atoms with Crippen molar-refractivity contribution in [1.29, 1.82) is 0 Å². The van der Waals surface area contributed by atoms with E-state index in [0.29, 0.717) is 0 Å². The summed E-state index contributed by atoms with van der Waals surface area (Å²) in [6.45, 7) is 2.24. The molecule has 0 radical (unpaired) electrons. The van der Waals surface area contributed by atoms with Gasteiger partial charge in [0.05, 0.1) is 5.71 Å². The van der Waals surface area contributed by atoms with Gasteiger partial charge in [-0.25, -0.2) is 0 Å². The lowest BCUT2D eigenvalue weighted by molar-refractivity contribution is 0.317. The Bertz CT molecular complexity index is 602. The molecule has 0 amide bonds. The second-order valence-electron chi connectivity index (χ2n) is 6.36. The summed E-state index contributed by atoms with van der Waals surface area (Å²) in [6, 6.07) is 18.6. The summed E-state index contributed by atoms with van der Waals surface area (Å²) in [5, 5.41) is 12.9. The third-order valence-electron chi connectivity index (χ3n) is 4.46. The molecule has 24 heavy (non-hydrogen) atoms. The van der Waals surface area contributed by atoms with Gasteiger partial charge in [-0.2, -0.15) is 0 Å². The molecule has 2 rings (SSSR count). The molecule has 0 aliphatic rings. The smallest absolute Gasteiger partial charge is 0.0867 e. The number of nitrogens with zero attached hydrogens (tertiary/aromatic N) is 1. The minimum absolute atomic E-state index is 0.795. The van der Waals surface area contributed by atoms with Gasteiger partial charge in [-0.05, 0) is 29.5 Å². The summed E-state index contributed by atoms with van der Waals surface area (Å²) in [5.74, 6) is 0. The lowest BCUT2D eigenvalue weighted by Crippen LogP contribution is -2.01. The lowest BCUT2D eigenvalue weighted by atomic mass is 9.99. The molecule has 1 N–H and O–H groups in total. The predicted octanol–water partition coefficient (Wildman–Crippen LogP) is 6.67. The summed E-state index contributed by atoms with van der Waals surface area (Å²) in [4.78, 5) is 0. The summed E-state index contributed by atoms with van der Waals surface area (Å²) < 4.78 is 0. The molecule has 128 valence electrons. The third kappa shape index (κ3) is 5.84. The fourth-order valence-electron chi connectivity index (χ4n) is 2.99. The van der Waals surface area contributed by atoms with Crippen LogP contribution in [0.5, 0.6) is 0 Å². The van der Waals surface area contributed by atoms with Gasteiger partial charge < -0.3 is 5.21 Å². The molecule has 2 heteroatoms. The largest absolute Gasteiger partial charge is 0.411 e. The monoisotopic (exact) mass is 323 g/mol. The Hall–Kier alpha value is -2.09. The van der Waals surface area contributed by atoms with Crippen LogP contribution in [-0.4, -0.2) is 10.9 Å². The van der Waals surface area contributed by atoms with E-state index in [9.17, 15) is 5.21 Å². The molecule has 2 aromatic carbocycles. The van der Waals surface area contributed by atoms with Crippen molar-refractivity contribution in [3.05, 3.63) is 60.2 Å². The first-order chi connectivity index (χ1) is 11.8. The van der Waals surface area contributed by atoms with E-state index in [1.54, 1.807) is 0 Å². The quantitative estimate of drug-likeness (QED) is 0.225. The Morgan fingerprint density at radius 1 is 0.750 bits per heavy atom. The van der Waals surface area contributed by atoms with Crippen LogP contribution < -0.4 is 0 Å². The molecule has 0 aromatic heterocycles. The maximum atomic E-state index is 9.33. The van der Waals surface area contributed by atoms with Gasteiger partial charge in [0.2, 0.25) is 0 Å². The van der Waals surface area contributed by atoms with Gasteiger partial charge in [0.15, 0.2) is 0 Å². The highest BCUT2D eigenvalue weighted by molar-refractivity contribution is 6.00. The van der Waals surface area contributed by atoms with E-state index >= 15 is 0 Å². The molecule has 2 nitrogen and oxygen atoms in total. The van der Waals surface area contributed by atoms with Crippen LogP contribution in [0.4, 0.5) is 0 Å². The molecule has 0 bridgehead atoms. The zero-order valence-electron chi connectivity index (χ0n) is 14.7. The number of rotatable bonds is 10. The van der Waals surface area contributed by atoms with Gasteiger partial charge in [0.25, 0.3) is 0 Å². The van der Waals surface area contributed by atoms with E-state index in [1.165, 1.54) is 49.7 Å². The van der Waals surface area contributed by atoms with Crippen LogP contribution in [-0.2, 0) is 0 Å². The van der Waals surface area contributed by atoms with Crippen molar-refractivity contribution in [2.75, 3.05) is 0 Å². The van der Waals surface area contributed by atoms with Crippen LogP contribution in [0.15, 0.2) is 59.8 Å². The Morgan fingerprint density at radius 3 is 1.96 bits per heavy atom. The highest BCUT2D eigenvalue weighted by Gasteiger charge is 2.05. The molecular formula is C22H29NO. The SMILES string of the molecule is CCCCCCCCC/C(=N/O)c1ccc(-c2ccccc2)cc1. The van der Waals surface area contributed by atoms with Crippen LogP contribution in [0.25, 0.3) is 11.1 Å². The fraction of sp³-hybridized carbons (Fsp3) is 0.409. The normalized spacial score (nSPS) is 11.6. The number of oxime groups is 1. The Kier molecular flexibility index (Phi) is 8.09. The Morgan fingerprint density at radius 2 is 1.33 bits per heavy atom. The minimum atomic E-state index is 0.795. The maximum Gasteiger partial charge on any atom is 0.0867 e. The Balaban J connectivity index is 1.83. The van der Waals surface area contributed by atoms with Gasteiger partial charge in [0.1, 0.15) is 0 Å². The van der Waals surface area contributed by atoms with Crippen LogP contribution in [0.2, 0.25) is 0 Å². The second kappa shape index (κ2) is 10.6. The molecule has 0 aliphatic carbocycles. The van der Waals surface area contributed by atoms with E-state index in [2.05, 4.69) is 48.5 Å². The molecule has 0 fully saturated rings. The summed E-state index contributed by atoms with van der Waals surface area (Å²) >= 11 is 0. The van der Waals surface area contributed by atoms with E-state index in [4.69, 9.17) is 0 Å². The first-order valence-electron chi connectivity index (χ1n) is 9.22. The first-order valence-corrected chi connectivity index (χ1v) is 9.22. The average molecular weight is 323 g/mol. The van der Waals surface area contributed by atoms with Crippen molar-refractivity contribution in [2.45, 2.75) is 58.3 Å². The first kappa shape index (κ1) is 18.3. The van der Waals surface area contributed by atoms with Crippen LogP contribution in [0.3, 0.4) is 0 Å². The van der Waals surface area contributed by atoms with Crippen molar-refractivity contribution in [1.82, 2.24) is 0 Å². The maximum absolute atomic E-state index is 9.33. The van der Waals surface area contributed by atoms with Gasteiger partial charge in [0, 0.05) is 0 Å². The van der Waals surface area contributed by atoms with E-state index < -0.39 is 0 Å². The van der Waals surface area contributed by atoms with Gasteiger partial charge in [-0.1, -0.05) is 105 Å². The standard InChI is InChI=1S/C22H29NO/c1-2-3-4-5-6-7-11-14-22(23-24)21-17-15-20(16-18-21)19-12-9-8-10-13-19/h8-10,12-13,15-18,24H,2-7,11,14H2,1H3/b23-22-. The van der Waals surface area contributed by atoms with Gasteiger partial charge in [-0.15, -0.1) is 0 Å². The molecule has 0 spiro atoms. The van der Waals surface area contributed by atoms with Crippen molar-refractivity contribution < 1.29 is 5.21 Å². The predicted molar refractivity (Wildman–Crippen MR) is 103 cm³/mol. The van der Waals surface area contributed by atoms with E-state index in [0.717, 1.165) is 24.1 Å². The lowest BCUT2D eigenvalue weighted by Gasteiger charge is -2.07.